The normalized spacial score (nSPS) is 12.0. The van der Waals surface area contributed by atoms with Crippen molar-refractivity contribution in [1.82, 2.24) is 20.6 Å². The van der Waals surface area contributed by atoms with Crippen LogP contribution in [0.2, 0.25) is 0 Å². The summed E-state index contributed by atoms with van der Waals surface area (Å²) in [5.41, 5.74) is 1.57. The summed E-state index contributed by atoms with van der Waals surface area (Å²) in [5, 5.41) is 7.40. The molecule has 0 fully saturated rings. The highest BCUT2D eigenvalue weighted by molar-refractivity contribution is 14.0. The summed E-state index contributed by atoms with van der Waals surface area (Å²) in [4.78, 5) is 28.3. The molecule has 2 heterocycles. The molecule has 0 aromatic carbocycles. The van der Waals surface area contributed by atoms with Gasteiger partial charge in [-0.15, -0.1) is 35.3 Å². The third-order valence-electron chi connectivity index (χ3n) is 3.99. The number of guanidine groups is 1. The van der Waals surface area contributed by atoms with E-state index in [9.17, 15) is 4.79 Å². The Morgan fingerprint density at radius 2 is 2.03 bits per heavy atom. The Morgan fingerprint density at radius 1 is 1.30 bits per heavy atom. The molecule has 0 aliphatic carbocycles. The quantitative estimate of drug-likeness (QED) is 0.227. The standard InChI is InChI=1S/C20H30N6O2S.HI/c1-7-21-20(22-12-15-10-9-11-16(25-15)26(5)6)24-14(4)18-23-13(3)17(29-18)19(27)28-8-2;/h9-11,14H,7-8,12H2,1-6H3,(H2,21,22,24);1H. The zero-order valence-corrected chi connectivity index (χ0v) is 21.5. The summed E-state index contributed by atoms with van der Waals surface area (Å²) in [6.45, 7) is 9.15. The second kappa shape index (κ2) is 12.7. The van der Waals surface area contributed by atoms with Gasteiger partial charge in [0.2, 0.25) is 0 Å². The Morgan fingerprint density at radius 3 is 2.67 bits per heavy atom. The number of hydrogen-bond acceptors (Lipinski definition) is 7. The first-order valence-corrected chi connectivity index (χ1v) is 10.5. The highest BCUT2D eigenvalue weighted by Gasteiger charge is 2.20. The Bertz CT molecular complexity index is 856. The number of carbonyl (C=O) groups is 1. The molecule has 0 bridgehead atoms. The van der Waals surface area contributed by atoms with Crippen molar-refractivity contribution in [3.05, 3.63) is 39.5 Å². The molecular weight excluding hydrogens is 515 g/mol. The number of nitrogens with one attached hydrogen (secondary N) is 2. The van der Waals surface area contributed by atoms with Crippen LogP contribution in [0, 0.1) is 6.92 Å². The first-order chi connectivity index (χ1) is 13.8. The van der Waals surface area contributed by atoms with Crippen LogP contribution >= 0.6 is 35.3 Å². The number of thiazole rings is 1. The Hall–Kier alpha value is -1.95. The van der Waals surface area contributed by atoms with Crippen LogP contribution in [0.5, 0.6) is 0 Å². The SMILES string of the molecule is CCNC(=NCc1cccc(N(C)C)n1)NC(C)c1nc(C)c(C(=O)OCC)s1.I. The van der Waals surface area contributed by atoms with E-state index in [1.165, 1.54) is 11.3 Å². The van der Waals surface area contributed by atoms with E-state index in [0.717, 1.165) is 23.1 Å². The van der Waals surface area contributed by atoms with Crippen LogP contribution in [0.3, 0.4) is 0 Å². The van der Waals surface area contributed by atoms with Gasteiger partial charge in [-0.25, -0.2) is 19.8 Å². The van der Waals surface area contributed by atoms with E-state index < -0.39 is 0 Å². The summed E-state index contributed by atoms with van der Waals surface area (Å²) in [7, 11) is 3.92. The largest absolute Gasteiger partial charge is 0.462 e. The second-order valence-electron chi connectivity index (χ2n) is 6.63. The molecule has 166 valence electrons. The average Bonchev–Trinajstić information content (AvgIpc) is 3.08. The van der Waals surface area contributed by atoms with Gasteiger partial charge >= 0.3 is 5.97 Å². The third-order valence-corrected chi connectivity index (χ3v) is 5.31. The molecular formula is C20H31IN6O2S. The lowest BCUT2D eigenvalue weighted by molar-refractivity contribution is 0.0531. The number of rotatable bonds is 8. The second-order valence-corrected chi connectivity index (χ2v) is 7.66. The number of aromatic nitrogens is 2. The van der Waals surface area contributed by atoms with Gasteiger partial charge in [-0.1, -0.05) is 6.07 Å². The van der Waals surface area contributed by atoms with Crippen molar-refractivity contribution in [2.24, 2.45) is 4.99 Å². The predicted molar refractivity (Wildman–Crippen MR) is 133 cm³/mol. The Labute approximate surface area is 199 Å². The fourth-order valence-corrected chi connectivity index (χ4v) is 3.50. The molecule has 2 N–H and O–H groups in total. The number of ether oxygens (including phenoxy) is 1. The highest BCUT2D eigenvalue weighted by Crippen LogP contribution is 2.24. The van der Waals surface area contributed by atoms with Gasteiger partial charge in [-0.2, -0.15) is 0 Å². The smallest absolute Gasteiger partial charge is 0.350 e. The lowest BCUT2D eigenvalue weighted by Crippen LogP contribution is -2.38. The fourth-order valence-electron chi connectivity index (χ4n) is 2.54. The summed E-state index contributed by atoms with van der Waals surface area (Å²) in [6, 6.07) is 5.79. The first kappa shape index (κ1) is 26.1. The van der Waals surface area contributed by atoms with E-state index in [-0.39, 0.29) is 36.0 Å². The van der Waals surface area contributed by atoms with Gasteiger partial charge in [0.15, 0.2) is 5.96 Å². The minimum Gasteiger partial charge on any atom is -0.462 e. The fraction of sp³-hybridized carbons (Fsp3) is 0.500. The van der Waals surface area contributed by atoms with Crippen LogP contribution < -0.4 is 15.5 Å². The number of halogens is 1. The number of pyridine rings is 1. The van der Waals surface area contributed by atoms with E-state index in [2.05, 4.69) is 25.6 Å². The van der Waals surface area contributed by atoms with Crippen molar-refractivity contribution >= 4 is 53.1 Å². The minimum absolute atomic E-state index is 0. The third kappa shape index (κ3) is 7.38. The summed E-state index contributed by atoms with van der Waals surface area (Å²) in [5.74, 6) is 1.24. The molecule has 30 heavy (non-hydrogen) atoms. The average molecular weight is 546 g/mol. The summed E-state index contributed by atoms with van der Waals surface area (Å²) < 4.78 is 5.10. The zero-order chi connectivity index (χ0) is 21.4. The number of aliphatic imine (C=N–C) groups is 1. The predicted octanol–water partition coefficient (Wildman–Crippen LogP) is 3.52. The van der Waals surface area contributed by atoms with Gasteiger partial charge in [0.05, 0.1) is 30.6 Å². The molecule has 0 radical (unpaired) electrons. The number of nitrogens with zero attached hydrogens (tertiary/aromatic N) is 4. The Kier molecular flexibility index (Phi) is 11.0. The lowest BCUT2D eigenvalue weighted by Gasteiger charge is -2.16. The lowest BCUT2D eigenvalue weighted by atomic mass is 10.3. The van der Waals surface area contributed by atoms with Crippen molar-refractivity contribution in [3.8, 4) is 0 Å². The van der Waals surface area contributed by atoms with Crippen molar-refractivity contribution in [2.45, 2.75) is 40.3 Å². The number of anilines is 1. The van der Waals surface area contributed by atoms with Gasteiger partial charge in [-0.05, 0) is 39.8 Å². The van der Waals surface area contributed by atoms with Crippen molar-refractivity contribution in [2.75, 3.05) is 32.1 Å². The Balaban J connectivity index is 0.00000450. The van der Waals surface area contributed by atoms with Gasteiger partial charge < -0.3 is 20.3 Å². The number of hydrogen-bond donors (Lipinski definition) is 2. The number of esters is 1. The molecule has 10 heteroatoms. The molecule has 1 unspecified atom stereocenters. The molecule has 0 saturated carbocycles. The van der Waals surface area contributed by atoms with Gasteiger partial charge in [0.25, 0.3) is 0 Å². The molecule has 0 amide bonds. The number of carbonyl (C=O) groups excluding carboxylic acids is 1. The van der Waals surface area contributed by atoms with Gasteiger partial charge in [0.1, 0.15) is 15.7 Å². The van der Waals surface area contributed by atoms with Crippen LogP contribution in [0.15, 0.2) is 23.2 Å². The molecule has 0 aliphatic heterocycles. The summed E-state index contributed by atoms with van der Waals surface area (Å²) in [6.07, 6.45) is 0. The van der Waals surface area contributed by atoms with Crippen LogP contribution in [-0.2, 0) is 11.3 Å². The van der Waals surface area contributed by atoms with E-state index in [1.54, 1.807) is 6.92 Å². The van der Waals surface area contributed by atoms with Gasteiger partial charge in [-0.3, -0.25) is 0 Å². The van der Waals surface area contributed by atoms with Crippen molar-refractivity contribution in [3.63, 3.8) is 0 Å². The van der Waals surface area contributed by atoms with Crippen molar-refractivity contribution in [1.29, 1.82) is 0 Å². The first-order valence-electron chi connectivity index (χ1n) is 9.68. The minimum atomic E-state index is -0.326. The van der Waals surface area contributed by atoms with E-state index in [0.29, 0.717) is 29.7 Å². The molecule has 8 nitrogen and oxygen atoms in total. The van der Waals surface area contributed by atoms with Crippen LogP contribution in [0.1, 0.15) is 52.9 Å². The maximum Gasteiger partial charge on any atom is 0.350 e. The highest BCUT2D eigenvalue weighted by atomic mass is 127. The monoisotopic (exact) mass is 546 g/mol. The zero-order valence-electron chi connectivity index (χ0n) is 18.4. The molecule has 2 rings (SSSR count). The van der Waals surface area contributed by atoms with E-state index in [1.807, 2.05) is 58.0 Å². The van der Waals surface area contributed by atoms with Crippen molar-refractivity contribution < 1.29 is 9.53 Å². The molecule has 0 aliphatic rings. The summed E-state index contributed by atoms with van der Waals surface area (Å²) >= 11 is 1.35. The topological polar surface area (TPSA) is 91.7 Å². The number of aryl methyl sites for hydroxylation is 1. The van der Waals surface area contributed by atoms with E-state index >= 15 is 0 Å². The molecule has 0 saturated heterocycles. The van der Waals surface area contributed by atoms with Crippen LogP contribution in [0.4, 0.5) is 5.82 Å². The maximum absolute atomic E-state index is 12.0. The maximum atomic E-state index is 12.0. The van der Waals surface area contributed by atoms with Crippen LogP contribution in [0.25, 0.3) is 0 Å². The van der Waals surface area contributed by atoms with E-state index in [4.69, 9.17) is 4.74 Å². The molecule has 0 spiro atoms. The molecule has 1 atom stereocenters. The molecule has 2 aromatic heterocycles. The molecule has 2 aromatic rings. The van der Waals surface area contributed by atoms with Crippen LogP contribution in [-0.4, -0.2) is 49.1 Å². The van der Waals surface area contributed by atoms with Gasteiger partial charge in [0, 0.05) is 20.6 Å².